The molecule has 1 aliphatic carbocycles. The molecule has 0 spiro atoms. The first-order chi connectivity index (χ1) is 16.4. The largest absolute Gasteiger partial charge is 0.462 e. The Balaban J connectivity index is 1.42. The van der Waals surface area contributed by atoms with Gasteiger partial charge in [-0.2, -0.15) is 9.97 Å². The number of aromatic nitrogens is 4. The molecule has 35 heavy (non-hydrogen) atoms. The van der Waals surface area contributed by atoms with Crippen LogP contribution in [0.25, 0.3) is 11.2 Å². The van der Waals surface area contributed by atoms with Gasteiger partial charge in [-0.25, -0.2) is 10.1 Å². The van der Waals surface area contributed by atoms with Gasteiger partial charge in [-0.05, 0) is 33.6 Å². The zero-order valence-corrected chi connectivity index (χ0v) is 21.5. The molecule has 1 saturated heterocycles. The molecule has 4 rings (SSSR count). The van der Waals surface area contributed by atoms with Gasteiger partial charge in [0.15, 0.2) is 23.2 Å². The number of anilines is 2. The summed E-state index contributed by atoms with van der Waals surface area (Å²) in [4.78, 5) is 27.3. The van der Waals surface area contributed by atoms with Crippen LogP contribution in [0.5, 0.6) is 0 Å². The molecule has 13 nitrogen and oxygen atoms in total. The van der Waals surface area contributed by atoms with Crippen molar-refractivity contribution in [1.82, 2.24) is 24.6 Å². The van der Waals surface area contributed by atoms with Crippen LogP contribution in [0.1, 0.15) is 46.3 Å². The van der Waals surface area contributed by atoms with Gasteiger partial charge < -0.3 is 30.0 Å². The van der Waals surface area contributed by atoms with E-state index in [2.05, 4.69) is 24.9 Å². The smallest absolute Gasteiger partial charge is 0.323 e. The molecule has 0 amide bonds. The summed E-state index contributed by atoms with van der Waals surface area (Å²) in [5.41, 5.74) is 7.36. The first kappa shape index (κ1) is 25.5. The zero-order chi connectivity index (χ0) is 25.5. The minimum atomic E-state index is -3.33. The van der Waals surface area contributed by atoms with E-state index in [4.69, 9.17) is 25.1 Å². The number of nitrogens with two attached hydrogens (primary N) is 1. The SMILES string of the molecule is CC(C)OC(=O)[C@H](C)NP(C)(=O)OC[C@@H]1CC(=N)[C@H](n2cnc3c(N(C)C4CC4)nc(N)nc32)O1. The minimum Gasteiger partial charge on any atom is -0.462 e. The Morgan fingerprint density at radius 3 is 2.77 bits per heavy atom. The highest BCUT2D eigenvalue weighted by molar-refractivity contribution is 7.56. The molecule has 3 heterocycles. The van der Waals surface area contributed by atoms with Gasteiger partial charge in [-0.1, -0.05) is 0 Å². The lowest BCUT2D eigenvalue weighted by molar-refractivity contribution is -0.149. The zero-order valence-electron chi connectivity index (χ0n) is 20.6. The van der Waals surface area contributed by atoms with Crippen molar-refractivity contribution in [3.05, 3.63) is 6.33 Å². The maximum atomic E-state index is 12.8. The highest BCUT2D eigenvalue weighted by Crippen LogP contribution is 2.40. The molecule has 2 fully saturated rings. The van der Waals surface area contributed by atoms with Gasteiger partial charge in [0.2, 0.25) is 5.95 Å². The Bertz CT molecular complexity index is 1170. The number of hydrogen-bond donors (Lipinski definition) is 3. The molecular formula is C21H33N8O5P. The van der Waals surface area contributed by atoms with Gasteiger partial charge in [-0.3, -0.25) is 13.9 Å². The Hall–Kier alpha value is -2.60. The molecular weight excluding hydrogens is 475 g/mol. The second-order valence-corrected chi connectivity index (χ2v) is 11.6. The van der Waals surface area contributed by atoms with Crippen LogP contribution < -0.4 is 15.7 Å². The van der Waals surface area contributed by atoms with E-state index in [-0.39, 0.29) is 25.1 Å². The van der Waals surface area contributed by atoms with E-state index >= 15 is 0 Å². The summed E-state index contributed by atoms with van der Waals surface area (Å²) in [5, 5.41) is 11.2. The molecule has 1 aliphatic heterocycles. The van der Waals surface area contributed by atoms with Crippen LogP contribution in [-0.4, -0.2) is 75.8 Å². The van der Waals surface area contributed by atoms with Crippen molar-refractivity contribution in [2.24, 2.45) is 0 Å². The molecule has 0 radical (unpaired) electrons. The first-order valence-corrected chi connectivity index (χ1v) is 13.7. The lowest BCUT2D eigenvalue weighted by Crippen LogP contribution is -2.35. The molecule has 192 valence electrons. The third-order valence-electron chi connectivity index (χ3n) is 5.81. The van der Waals surface area contributed by atoms with Crippen LogP contribution in [0.3, 0.4) is 0 Å². The fourth-order valence-corrected chi connectivity index (χ4v) is 5.30. The van der Waals surface area contributed by atoms with Crippen LogP contribution >= 0.6 is 7.52 Å². The Kier molecular flexibility index (Phi) is 7.14. The number of fused-ring (bicyclic) bond motifs is 1. The Morgan fingerprint density at radius 1 is 1.40 bits per heavy atom. The summed E-state index contributed by atoms with van der Waals surface area (Å²) in [6.45, 7) is 6.42. The molecule has 0 bridgehead atoms. The normalized spacial score (nSPS) is 23.0. The summed E-state index contributed by atoms with van der Waals surface area (Å²) >= 11 is 0. The van der Waals surface area contributed by atoms with Crippen LogP contribution in [0.15, 0.2) is 6.33 Å². The highest BCUT2D eigenvalue weighted by atomic mass is 31.2. The third-order valence-corrected chi connectivity index (χ3v) is 7.31. The van der Waals surface area contributed by atoms with E-state index in [9.17, 15) is 9.36 Å². The highest BCUT2D eigenvalue weighted by Gasteiger charge is 2.36. The van der Waals surface area contributed by atoms with E-state index < -0.39 is 31.9 Å². The van der Waals surface area contributed by atoms with Crippen molar-refractivity contribution in [3.8, 4) is 0 Å². The number of carbonyl (C=O) groups excluding carboxylic acids is 1. The molecule has 14 heteroatoms. The van der Waals surface area contributed by atoms with E-state index in [1.165, 1.54) is 6.66 Å². The quantitative estimate of drug-likeness (QED) is 0.317. The second kappa shape index (κ2) is 9.81. The molecule has 2 aliphatic rings. The summed E-state index contributed by atoms with van der Waals surface area (Å²) in [6.07, 6.45) is 2.51. The number of nitrogens with one attached hydrogen (secondary N) is 2. The van der Waals surface area contributed by atoms with Crippen LogP contribution in [0.2, 0.25) is 0 Å². The number of hydrogen-bond acceptors (Lipinski definition) is 11. The van der Waals surface area contributed by atoms with Crippen LogP contribution in [0, 0.1) is 5.41 Å². The summed E-state index contributed by atoms with van der Waals surface area (Å²) in [5.74, 6) is 0.264. The predicted molar refractivity (Wildman–Crippen MR) is 131 cm³/mol. The fourth-order valence-electron chi connectivity index (χ4n) is 3.96. The molecule has 4 N–H and O–H groups in total. The standard InChI is InChI=1S/C21H33N8O5P/c1-11(2)33-20(30)12(3)27-35(5,31)32-9-14-8-15(22)19(34-14)29-10-24-16-17(28(4)13-6-7-13)25-21(23)26-18(16)29/h10-14,19,22H,6-9H2,1-5H3,(H,27,31)(H2,23,25,26)/t12-,14-,19+,35?/m0/s1. The fraction of sp³-hybridized carbons (Fsp3) is 0.667. The van der Waals surface area contributed by atoms with Crippen molar-refractivity contribution >= 4 is 42.1 Å². The van der Waals surface area contributed by atoms with E-state index in [0.29, 0.717) is 28.7 Å². The maximum absolute atomic E-state index is 12.8. The Labute approximate surface area is 203 Å². The van der Waals surface area contributed by atoms with Gasteiger partial charge in [0, 0.05) is 26.2 Å². The first-order valence-electron chi connectivity index (χ1n) is 11.6. The number of ether oxygens (including phenoxy) is 2. The number of rotatable bonds is 10. The van der Waals surface area contributed by atoms with Crippen LogP contribution in [0.4, 0.5) is 11.8 Å². The molecule has 4 atom stereocenters. The van der Waals surface area contributed by atoms with E-state index in [1.54, 1.807) is 31.7 Å². The lowest BCUT2D eigenvalue weighted by Gasteiger charge is -2.22. The van der Waals surface area contributed by atoms with Crippen molar-refractivity contribution in [2.45, 2.75) is 70.6 Å². The lowest BCUT2D eigenvalue weighted by atomic mass is 10.2. The monoisotopic (exact) mass is 508 g/mol. The van der Waals surface area contributed by atoms with Crippen molar-refractivity contribution < 1.29 is 23.4 Å². The number of nitrogen functional groups attached to an aromatic ring is 1. The summed E-state index contributed by atoms with van der Waals surface area (Å²) in [7, 11) is -1.37. The predicted octanol–water partition coefficient (Wildman–Crippen LogP) is 2.08. The third kappa shape index (κ3) is 5.80. The molecule has 2 aromatic heterocycles. The number of carbonyl (C=O) groups is 1. The second-order valence-electron chi connectivity index (χ2n) is 9.39. The topological polar surface area (TPSA) is 171 Å². The average molecular weight is 509 g/mol. The van der Waals surface area contributed by atoms with E-state index in [1.807, 2.05) is 7.05 Å². The van der Waals surface area contributed by atoms with Gasteiger partial charge in [0.05, 0.1) is 30.9 Å². The number of imidazole rings is 1. The van der Waals surface area contributed by atoms with Gasteiger partial charge >= 0.3 is 5.97 Å². The summed E-state index contributed by atoms with van der Waals surface area (Å²) in [6, 6.07) is -0.386. The van der Waals surface area contributed by atoms with Gasteiger partial charge in [0.25, 0.3) is 7.52 Å². The van der Waals surface area contributed by atoms with Gasteiger partial charge in [0.1, 0.15) is 6.04 Å². The Morgan fingerprint density at radius 2 is 2.11 bits per heavy atom. The molecule has 1 saturated carbocycles. The maximum Gasteiger partial charge on any atom is 0.323 e. The van der Waals surface area contributed by atoms with Crippen LogP contribution in [-0.2, 0) is 23.4 Å². The number of nitrogens with zero attached hydrogens (tertiary/aromatic N) is 5. The molecule has 2 aromatic rings. The average Bonchev–Trinajstić information content (AvgIpc) is 3.44. The molecule has 0 aromatic carbocycles. The van der Waals surface area contributed by atoms with Crippen molar-refractivity contribution in [1.29, 1.82) is 5.41 Å². The van der Waals surface area contributed by atoms with Gasteiger partial charge in [-0.15, -0.1) is 0 Å². The van der Waals surface area contributed by atoms with Crippen molar-refractivity contribution in [3.63, 3.8) is 0 Å². The molecule has 1 unspecified atom stereocenters. The minimum absolute atomic E-state index is 0.0228. The van der Waals surface area contributed by atoms with E-state index in [0.717, 1.165) is 12.8 Å². The number of esters is 1. The summed E-state index contributed by atoms with van der Waals surface area (Å²) < 4.78 is 31.2. The van der Waals surface area contributed by atoms with Crippen molar-refractivity contribution in [2.75, 3.05) is 31.0 Å².